The minimum atomic E-state index is -0.395. The normalized spacial score (nSPS) is 22.0. The molecule has 212 valence electrons. The Labute approximate surface area is 234 Å². The van der Waals surface area contributed by atoms with Crippen LogP contribution in [0.3, 0.4) is 0 Å². The first kappa shape index (κ1) is 27.6. The fourth-order valence-electron chi connectivity index (χ4n) is 6.47. The Bertz CT molecular complexity index is 1400. The summed E-state index contributed by atoms with van der Waals surface area (Å²) in [5.74, 6) is 2.83. The van der Waals surface area contributed by atoms with Gasteiger partial charge in [-0.15, -0.1) is 0 Å². The Morgan fingerprint density at radius 3 is 2.45 bits per heavy atom. The van der Waals surface area contributed by atoms with Crippen LogP contribution >= 0.6 is 0 Å². The second kappa shape index (κ2) is 11.6. The van der Waals surface area contributed by atoms with Crippen molar-refractivity contribution in [1.29, 1.82) is 0 Å². The van der Waals surface area contributed by atoms with Crippen LogP contribution < -0.4 is 35.6 Å². The van der Waals surface area contributed by atoms with Crippen molar-refractivity contribution in [3.63, 3.8) is 0 Å². The summed E-state index contributed by atoms with van der Waals surface area (Å²) in [6.07, 6.45) is 8.06. The summed E-state index contributed by atoms with van der Waals surface area (Å²) in [4.78, 5) is 38.2. The number of methoxy groups -OCH3 is 3. The Morgan fingerprint density at radius 2 is 1.80 bits per heavy atom. The third kappa shape index (κ3) is 5.37. The van der Waals surface area contributed by atoms with Crippen molar-refractivity contribution in [2.75, 3.05) is 39.7 Å². The van der Waals surface area contributed by atoms with Crippen LogP contribution in [0.4, 0.5) is 5.69 Å². The highest BCUT2D eigenvalue weighted by Gasteiger charge is 2.35. The van der Waals surface area contributed by atoms with Crippen LogP contribution in [0.1, 0.15) is 43.4 Å². The summed E-state index contributed by atoms with van der Waals surface area (Å²) >= 11 is 0. The van der Waals surface area contributed by atoms with Crippen molar-refractivity contribution < 1.29 is 23.8 Å². The molecule has 9 nitrogen and oxygen atoms in total. The molecule has 2 aromatic rings. The molecule has 9 heteroatoms. The smallest absolute Gasteiger partial charge is 0.239 e. The number of benzene rings is 1. The van der Waals surface area contributed by atoms with E-state index >= 15 is 0 Å². The van der Waals surface area contributed by atoms with Gasteiger partial charge in [0.25, 0.3) is 0 Å². The van der Waals surface area contributed by atoms with Gasteiger partial charge in [0.2, 0.25) is 23.0 Å². The predicted molar refractivity (Wildman–Crippen MR) is 153 cm³/mol. The molecule has 2 amide bonds. The average molecular weight is 548 g/mol. The highest BCUT2D eigenvalue weighted by molar-refractivity contribution is 5.84. The number of carbonyl (C=O) groups excluding carboxylic acids is 2. The monoisotopic (exact) mass is 547 g/mol. The van der Waals surface area contributed by atoms with E-state index in [4.69, 9.17) is 14.2 Å². The molecule has 2 bridgehead atoms. The first-order valence-electron chi connectivity index (χ1n) is 13.8. The van der Waals surface area contributed by atoms with Crippen molar-refractivity contribution in [1.82, 2.24) is 10.6 Å². The summed E-state index contributed by atoms with van der Waals surface area (Å²) in [5, 5.41) is 9.05. The number of rotatable bonds is 9. The molecule has 0 saturated heterocycles. The Hall–Kier alpha value is -4.01. The van der Waals surface area contributed by atoms with Crippen LogP contribution in [0.5, 0.6) is 17.2 Å². The number of hydrogen-bond donors (Lipinski definition) is 3. The summed E-state index contributed by atoms with van der Waals surface area (Å²) < 4.78 is 17.0. The average Bonchev–Trinajstić information content (AvgIpc) is 3.49. The third-order valence-electron chi connectivity index (χ3n) is 8.33. The van der Waals surface area contributed by atoms with E-state index in [0.717, 1.165) is 23.1 Å². The second-order valence-electron chi connectivity index (χ2n) is 10.8. The van der Waals surface area contributed by atoms with Crippen molar-refractivity contribution in [2.24, 2.45) is 17.8 Å². The van der Waals surface area contributed by atoms with Crippen molar-refractivity contribution in [3.8, 4) is 28.4 Å². The summed E-state index contributed by atoms with van der Waals surface area (Å²) in [6, 6.07) is 6.59. The predicted octanol–water partition coefficient (Wildman–Crippen LogP) is 3.60. The largest absolute Gasteiger partial charge is 0.493 e. The SMILES string of the molecule is COc1cc2c(c(OC)c1OC)-c1ccc(NCC(=O)NC[C@@H]3C[C@@H]4C=C[C@@H]3C4)c(=O)cc1[C@@H](NC(C)=O)CC2. The zero-order chi connectivity index (χ0) is 28.4. The maximum Gasteiger partial charge on any atom is 0.239 e. The number of fused-ring (bicyclic) bond motifs is 5. The molecule has 0 spiro atoms. The summed E-state index contributed by atoms with van der Waals surface area (Å²) in [7, 11) is 4.68. The van der Waals surface area contributed by atoms with Crippen molar-refractivity contribution >= 4 is 17.5 Å². The van der Waals surface area contributed by atoms with Crippen LogP contribution in [0.25, 0.3) is 11.1 Å². The molecule has 3 N–H and O–H groups in total. The van der Waals surface area contributed by atoms with Gasteiger partial charge in [-0.05, 0) is 78.3 Å². The molecular formula is C31H37N3O6. The lowest BCUT2D eigenvalue weighted by Crippen LogP contribution is -2.35. The standard InChI is InChI=1S/C31H37N3O6/c1-17(35)34-24-9-7-20-13-27(38-2)30(39-3)31(40-4)29(20)22-8-10-25(26(36)14-23(22)24)32-16-28(37)33-15-21-12-18-5-6-19(21)11-18/h5-6,8,10,13-14,18-19,21,24H,7,9,11-12,15-16H2,1-4H3,(H,32,36)(H,33,37)(H,34,35)/t18-,19-,21+,24+/m1/s1. The lowest BCUT2D eigenvalue weighted by Gasteiger charge is -2.19. The number of ether oxygens (including phenoxy) is 3. The number of allylic oxidation sites excluding steroid dienone is 2. The quantitative estimate of drug-likeness (QED) is 0.411. The van der Waals surface area contributed by atoms with Gasteiger partial charge in [-0.2, -0.15) is 0 Å². The van der Waals surface area contributed by atoms with Gasteiger partial charge in [0.1, 0.15) is 0 Å². The highest BCUT2D eigenvalue weighted by atomic mass is 16.5. The number of carbonyl (C=O) groups is 2. The molecule has 3 aliphatic rings. The number of nitrogens with one attached hydrogen (secondary N) is 3. The van der Waals surface area contributed by atoms with E-state index in [1.807, 2.05) is 12.1 Å². The minimum absolute atomic E-state index is 0.0133. The number of aryl methyl sites for hydroxylation is 1. The number of anilines is 1. The fourth-order valence-corrected chi connectivity index (χ4v) is 6.47. The first-order chi connectivity index (χ1) is 19.3. The zero-order valence-electron chi connectivity index (χ0n) is 23.5. The van der Waals surface area contributed by atoms with Crippen LogP contribution in [0, 0.1) is 17.8 Å². The maximum atomic E-state index is 13.4. The van der Waals surface area contributed by atoms with Gasteiger partial charge in [-0.1, -0.05) is 18.2 Å². The van der Waals surface area contributed by atoms with Gasteiger partial charge in [0.15, 0.2) is 11.5 Å². The molecule has 0 unspecified atom stereocenters. The molecular weight excluding hydrogens is 510 g/mol. The lowest BCUT2D eigenvalue weighted by atomic mass is 9.94. The molecule has 1 fully saturated rings. The Morgan fingerprint density at radius 1 is 1.00 bits per heavy atom. The molecule has 2 aromatic carbocycles. The topological polar surface area (TPSA) is 115 Å². The molecule has 5 rings (SSSR count). The minimum Gasteiger partial charge on any atom is -0.493 e. The van der Waals surface area contributed by atoms with Gasteiger partial charge >= 0.3 is 0 Å². The van der Waals surface area contributed by atoms with Gasteiger partial charge in [-0.25, -0.2) is 0 Å². The maximum absolute atomic E-state index is 13.4. The van der Waals surface area contributed by atoms with Crippen LogP contribution in [-0.2, 0) is 16.0 Å². The van der Waals surface area contributed by atoms with E-state index in [1.165, 1.54) is 13.3 Å². The molecule has 4 atom stereocenters. The van der Waals surface area contributed by atoms with E-state index < -0.39 is 6.04 Å². The van der Waals surface area contributed by atoms with Crippen molar-refractivity contribution in [2.45, 2.75) is 38.6 Å². The number of amides is 2. The molecule has 40 heavy (non-hydrogen) atoms. The second-order valence-corrected chi connectivity index (χ2v) is 10.8. The van der Waals surface area contributed by atoms with Crippen LogP contribution in [-0.4, -0.2) is 46.2 Å². The zero-order valence-corrected chi connectivity index (χ0v) is 23.5. The van der Waals surface area contributed by atoms with Crippen molar-refractivity contribution in [3.05, 3.63) is 57.8 Å². The van der Waals surface area contributed by atoms with E-state index in [2.05, 4.69) is 28.1 Å². The molecule has 0 aliphatic heterocycles. The molecule has 3 aliphatic carbocycles. The molecule has 0 aromatic heterocycles. The molecule has 1 saturated carbocycles. The Kier molecular flexibility index (Phi) is 8.00. The van der Waals surface area contributed by atoms with Crippen LogP contribution in [0.2, 0.25) is 0 Å². The van der Waals surface area contributed by atoms with Gasteiger partial charge < -0.3 is 30.2 Å². The third-order valence-corrected chi connectivity index (χ3v) is 8.33. The van der Waals surface area contributed by atoms with E-state index in [0.29, 0.717) is 65.6 Å². The van der Waals surface area contributed by atoms with Gasteiger partial charge in [0.05, 0.1) is 39.6 Å². The summed E-state index contributed by atoms with van der Waals surface area (Å²) in [5.41, 5.74) is 3.17. The van der Waals surface area contributed by atoms with E-state index in [9.17, 15) is 14.4 Å². The fraction of sp³-hybridized carbons (Fsp3) is 0.452. The van der Waals surface area contributed by atoms with E-state index in [1.54, 1.807) is 33.5 Å². The summed E-state index contributed by atoms with van der Waals surface area (Å²) in [6.45, 7) is 2.10. The molecule has 0 heterocycles. The lowest BCUT2D eigenvalue weighted by molar-refractivity contribution is -0.120. The van der Waals surface area contributed by atoms with Gasteiger partial charge in [0, 0.05) is 19.0 Å². The van der Waals surface area contributed by atoms with Gasteiger partial charge in [-0.3, -0.25) is 14.4 Å². The van der Waals surface area contributed by atoms with E-state index in [-0.39, 0.29) is 23.8 Å². The van der Waals surface area contributed by atoms with Crippen LogP contribution in [0.15, 0.2) is 41.2 Å². The Balaban J connectivity index is 1.46. The number of hydrogen-bond acceptors (Lipinski definition) is 7. The highest BCUT2D eigenvalue weighted by Crippen LogP contribution is 2.50. The molecule has 0 radical (unpaired) electrons. The first-order valence-corrected chi connectivity index (χ1v) is 13.8.